The topological polar surface area (TPSA) is 124 Å². The molecule has 2 N–H and O–H groups in total. The van der Waals surface area contributed by atoms with Gasteiger partial charge < -0.3 is 15.3 Å². The van der Waals surface area contributed by atoms with E-state index in [1.165, 1.54) is 0 Å². The van der Waals surface area contributed by atoms with Crippen LogP contribution in [0.1, 0.15) is 25.7 Å². The zero-order chi connectivity index (χ0) is 14.9. The number of fused-ring (bicyclic) bond motifs is 1. The monoisotopic (exact) mass is 323 g/mol. The average Bonchev–Trinajstić information content (AvgIpc) is 2.35. The van der Waals surface area contributed by atoms with Crippen LogP contribution in [0.2, 0.25) is 0 Å². The van der Waals surface area contributed by atoms with E-state index >= 15 is 0 Å². The molecule has 0 amide bonds. The molecule has 0 radical (unpaired) electrons. The van der Waals surface area contributed by atoms with Gasteiger partial charge in [0.15, 0.2) is 9.84 Å². The number of hydrogen-bond donors (Lipinski definition) is 2. The van der Waals surface area contributed by atoms with Gasteiger partial charge in [0.1, 0.15) is 6.04 Å². The molecule has 5 atom stereocenters. The van der Waals surface area contributed by atoms with Crippen LogP contribution in [0.4, 0.5) is 0 Å². The summed E-state index contributed by atoms with van der Waals surface area (Å²) >= 11 is 0. The van der Waals surface area contributed by atoms with Gasteiger partial charge in [-0.1, -0.05) is 4.57 Å². The molecule has 0 bridgehead atoms. The van der Waals surface area contributed by atoms with Crippen LogP contribution < -0.4 is 10.2 Å². The predicted octanol–water partition coefficient (Wildman–Crippen LogP) is -0.307. The van der Waals surface area contributed by atoms with Crippen molar-refractivity contribution in [3.05, 3.63) is 0 Å². The number of rotatable bonds is 4. The van der Waals surface area contributed by atoms with Gasteiger partial charge >= 0.3 is 14.0 Å². The van der Waals surface area contributed by atoms with E-state index < -0.39 is 40.6 Å². The summed E-state index contributed by atoms with van der Waals surface area (Å²) in [7, 11) is -6.58. The zero-order valence-corrected chi connectivity index (χ0v) is 12.6. The predicted molar refractivity (Wildman–Crippen MR) is 70.1 cm³/mol. The number of piperidine rings is 1. The van der Waals surface area contributed by atoms with E-state index in [-0.39, 0.29) is 11.8 Å². The van der Waals surface area contributed by atoms with Gasteiger partial charge in [0.2, 0.25) is 5.49 Å². The second-order valence-electron chi connectivity index (χ2n) is 5.61. The highest BCUT2D eigenvalue weighted by Crippen LogP contribution is 2.39. The second kappa shape index (κ2) is 6.05. The maximum absolute atomic E-state index is 12.0. The maximum atomic E-state index is 12.0. The molecule has 2 fully saturated rings. The SMILES string of the molecule is O=C(O)C1CC2CC(S(=O)(=O)C[P+](=O)[O-])CCC2CN1. The zero-order valence-electron chi connectivity index (χ0n) is 10.9. The Morgan fingerprint density at radius 2 is 2.00 bits per heavy atom. The first-order valence-electron chi connectivity index (χ1n) is 6.59. The van der Waals surface area contributed by atoms with Crippen LogP contribution in [-0.4, -0.2) is 42.8 Å². The normalized spacial score (nSPS) is 35.1. The second-order valence-corrected chi connectivity index (χ2v) is 9.31. The highest BCUT2D eigenvalue weighted by Gasteiger charge is 2.42. The minimum atomic E-state index is -3.63. The third-order valence-electron chi connectivity index (χ3n) is 4.35. The first-order valence-corrected chi connectivity index (χ1v) is 9.67. The Balaban J connectivity index is 2.04. The fourth-order valence-corrected chi connectivity index (χ4v) is 6.34. The van der Waals surface area contributed by atoms with Crippen molar-refractivity contribution in [2.75, 3.05) is 12.0 Å². The minimum absolute atomic E-state index is 0.0374. The largest absolute Gasteiger partial charge is 0.595 e. The van der Waals surface area contributed by atoms with Crippen LogP contribution >= 0.6 is 8.03 Å². The lowest BCUT2D eigenvalue weighted by molar-refractivity contribution is -0.163. The molecule has 114 valence electrons. The standard InChI is InChI=1S/C11H18NO6PS/c13-11(14)10-4-8-3-9(2-1-7(8)5-12-10)20(17,18)6-19(15)16/h7-10,12H,1-6H2,(H,13,14). The van der Waals surface area contributed by atoms with Crippen molar-refractivity contribution in [2.45, 2.75) is 37.0 Å². The molecule has 7 nitrogen and oxygen atoms in total. The fraction of sp³-hybridized carbons (Fsp3) is 0.909. The maximum Gasteiger partial charge on any atom is 0.325 e. The molecule has 1 aliphatic carbocycles. The van der Waals surface area contributed by atoms with Gasteiger partial charge in [0.25, 0.3) is 0 Å². The lowest BCUT2D eigenvalue weighted by Crippen LogP contribution is -2.50. The molecule has 0 aromatic heterocycles. The Bertz CT molecular complexity index is 507. The van der Waals surface area contributed by atoms with Crippen molar-refractivity contribution < 1.29 is 27.8 Å². The molecule has 2 rings (SSSR count). The molecule has 20 heavy (non-hydrogen) atoms. The summed E-state index contributed by atoms with van der Waals surface area (Å²) in [6.07, 6.45) is 1.95. The average molecular weight is 323 g/mol. The van der Waals surface area contributed by atoms with E-state index in [0.29, 0.717) is 32.2 Å². The summed E-state index contributed by atoms with van der Waals surface area (Å²) < 4.78 is 34.6. The van der Waals surface area contributed by atoms with Crippen LogP contribution in [0.3, 0.4) is 0 Å². The summed E-state index contributed by atoms with van der Waals surface area (Å²) in [5, 5.41) is 11.3. The highest BCUT2D eigenvalue weighted by atomic mass is 32.2. The van der Waals surface area contributed by atoms with Crippen LogP contribution in [0.15, 0.2) is 0 Å². The first-order chi connectivity index (χ1) is 9.29. The summed E-state index contributed by atoms with van der Waals surface area (Å²) in [4.78, 5) is 21.6. The molecule has 2 aliphatic rings. The Morgan fingerprint density at radius 1 is 1.30 bits per heavy atom. The smallest absolute Gasteiger partial charge is 0.325 e. The molecule has 1 saturated heterocycles. The van der Waals surface area contributed by atoms with Crippen molar-refractivity contribution in [3.8, 4) is 0 Å². The summed E-state index contributed by atoms with van der Waals surface area (Å²) in [5.74, 6) is -0.593. The highest BCUT2D eigenvalue weighted by molar-refractivity contribution is 7.96. The van der Waals surface area contributed by atoms with E-state index in [1.807, 2.05) is 0 Å². The number of aliphatic carboxylic acids is 1. The van der Waals surface area contributed by atoms with E-state index in [1.54, 1.807) is 0 Å². The molecule has 0 spiro atoms. The minimum Gasteiger partial charge on any atom is -0.595 e. The van der Waals surface area contributed by atoms with Crippen molar-refractivity contribution in [1.82, 2.24) is 5.32 Å². The molecular weight excluding hydrogens is 305 g/mol. The van der Waals surface area contributed by atoms with Crippen LogP contribution in [-0.2, 0) is 19.2 Å². The van der Waals surface area contributed by atoms with Crippen molar-refractivity contribution in [2.24, 2.45) is 11.8 Å². The molecule has 5 unspecified atom stereocenters. The lowest BCUT2D eigenvalue weighted by atomic mass is 9.73. The Kier molecular flexibility index (Phi) is 4.79. The van der Waals surface area contributed by atoms with Gasteiger partial charge in [-0.15, -0.1) is 0 Å². The molecule has 1 saturated carbocycles. The van der Waals surface area contributed by atoms with Gasteiger partial charge in [-0.2, -0.15) is 0 Å². The molecule has 0 aromatic carbocycles. The third kappa shape index (κ3) is 3.55. The van der Waals surface area contributed by atoms with E-state index in [0.717, 1.165) is 0 Å². The Morgan fingerprint density at radius 3 is 2.60 bits per heavy atom. The molecule has 1 heterocycles. The number of hydrogen-bond acceptors (Lipinski definition) is 6. The number of carbonyl (C=O) groups is 1. The van der Waals surface area contributed by atoms with Crippen molar-refractivity contribution in [3.63, 3.8) is 0 Å². The first kappa shape index (κ1) is 15.8. The van der Waals surface area contributed by atoms with Gasteiger partial charge in [-0.3, -0.25) is 4.79 Å². The Labute approximate surface area is 118 Å². The van der Waals surface area contributed by atoms with E-state index in [4.69, 9.17) is 5.11 Å². The van der Waals surface area contributed by atoms with Crippen LogP contribution in [0.5, 0.6) is 0 Å². The number of carboxylic acid groups (broad SMARTS) is 1. The summed E-state index contributed by atoms with van der Waals surface area (Å²) in [6.45, 7) is 0.588. The molecular formula is C11H18NO6PS. The quantitative estimate of drug-likeness (QED) is 0.680. The van der Waals surface area contributed by atoms with Gasteiger partial charge in [-0.25, -0.2) is 8.42 Å². The number of nitrogens with one attached hydrogen (secondary N) is 1. The van der Waals surface area contributed by atoms with Crippen molar-refractivity contribution in [1.29, 1.82) is 0 Å². The van der Waals surface area contributed by atoms with E-state index in [2.05, 4.69) is 5.32 Å². The van der Waals surface area contributed by atoms with Crippen molar-refractivity contribution >= 4 is 23.8 Å². The summed E-state index contributed by atoms with van der Waals surface area (Å²) in [6, 6.07) is -0.631. The van der Waals surface area contributed by atoms with Gasteiger partial charge in [-0.05, 0) is 44.1 Å². The number of carboxylic acids is 1. The summed E-state index contributed by atoms with van der Waals surface area (Å²) in [5.41, 5.74) is -0.801. The number of sulfone groups is 1. The third-order valence-corrected chi connectivity index (χ3v) is 8.07. The Hall–Kier alpha value is -0.560. The van der Waals surface area contributed by atoms with Crippen LogP contribution in [0, 0.1) is 11.8 Å². The molecule has 9 heteroatoms. The lowest BCUT2D eigenvalue weighted by Gasteiger charge is -2.41. The molecule has 0 aromatic rings. The van der Waals surface area contributed by atoms with Gasteiger partial charge in [0.05, 0.1) is 5.25 Å². The van der Waals surface area contributed by atoms with Crippen LogP contribution in [0.25, 0.3) is 0 Å². The fourth-order valence-electron chi connectivity index (χ4n) is 3.29. The van der Waals surface area contributed by atoms with Gasteiger partial charge in [0, 0.05) is 0 Å². The van der Waals surface area contributed by atoms with E-state index in [9.17, 15) is 22.7 Å². The molecule has 1 aliphatic heterocycles.